The van der Waals surface area contributed by atoms with Crippen molar-refractivity contribution in [2.24, 2.45) is 0 Å². The number of methoxy groups -OCH3 is 1. The van der Waals surface area contributed by atoms with E-state index in [0.717, 1.165) is 16.0 Å². The van der Waals surface area contributed by atoms with Gasteiger partial charge in [0, 0.05) is 13.5 Å². The Hall–Kier alpha value is -0.720. The lowest BCUT2D eigenvalue weighted by molar-refractivity contribution is 0.0716. The number of ether oxygens (including phenoxy) is 2. The largest absolute Gasteiger partial charge is 0.383 e. The molecular formula is C12H20BrN3O2. The van der Waals surface area contributed by atoms with E-state index in [1.54, 1.807) is 7.11 Å². The predicted molar refractivity (Wildman–Crippen MR) is 74.6 cm³/mol. The Balaban J connectivity index is 2.61. The molecule has 6 heteroatoms. The van der Waals surface area contributed by atoms with Gasteiger partial charge in [-0.15, -0.1) is 0 Å². The smallest absolute Gasteiger partial charge is 0.141 e. The standard InChI is InChI=1S/C12H20BrN3O2/c1-8(2)11-10(13)12(14)16-9(15-11)4-5-18-7-6-17-3/h8H,4-7H2,1-3H3,(H2,14,15,16). The average Bonchev–Trinajstić information content (AvgIpc) is 2.32. The summed E-state index contributed by atoms with van der Waals surface area (Å²) in [5, 5.41) is 0. The highest BCUT2D eigenvalue weighted by Crippen LogP contribution is 2.26. The lowest BCUT2D eigenvalue weighted by atomic mass is 10.1. The molecule has 2 N–H and O–H groups in total. The molecule has 0 aliphatic carbocycles. The lowest BCUT2D eigenvalue weighted by Gasteiger charge is -2.11. The maximum atomic E-state index is 5.85. The number of hydrogen-bond acceptors (Lipinski definition) is 5. The van der Waals surface area contributed by atoms with Crippen LogP contribution in [0.1, 0.15) is 31.3 Å². The molecule has 0 aliphatic heterocycles. The molecule has 0 aromatic carbocycles. The van der Waals surface area contributed by atoms with Gasteiger partial charge < -0.3 is 15.2 Å². The maximum absolute atomic E-state index is 5.85. The third-order valence-corrected chi connectivity index (χ3v) is 3.21. The fraction of sp³-hybridized carbons (Fsp3) is 0.667. The van der Waals surface area contributed by atoms with Crippen LogP contribution in [0, 0.1) is 0 Å². The van der Waals surface area contributed by atoms with Gasteiger partial charge in [0.2, 0.25) is 0 Å². The number of nitrogens with zero attached hydrogens (tertiary/aromatic N) is 2. The second kappa shape index (κ2) is 7.66. The molecule has 0 amide bonds. The first-order valence-electron chi connectivity index (χ1n) is 5.94. The van der Waals surface area contributed by atoms with E-state index < -0.39 is 0 Å². The Kier molecular flexibility index (Phi) is 6.52. The van der Waals surface area contributed by atoms with Crippen molar-refractivity contribution in [3.8, 4) is 0 Å². The summed E-state index contributed by atoms with van der Waals surface area (Å²) in [5.74, 6) is 1.51. The highest BCUT2D eigenvalue weighted by molar-refractivity contribution is 9.10. The Morgan fingerprint density at radius 3 is 2.56 bits per heavy atom. The minimum absolute atomic E-state index is 0.304. The highest BCUT2D eigenvalue weighted by atomic mass is 79.9. The molecular weight excluding hydrogens is 298 g/mol. The molecule has 1 aromatic heterocycles. The van der Waals surface area contributed by atoms with Crippen molar-refractivity contribution in [1.82, 2.24) is 9.97 Å². The van der Waals surface area contributed by atoms with Crippen LogP contribution in [0.15, 0.2) is 4.47 Å². The Morgan fingerprint density at radius 1 is 1.22 bits per heavy atom. The van der Waals surface area contributed by atoms with Gasteiger partial charge in [0.05, 0.1) is 30.0 Å². The summed E-state index contributed by atoms with van der Waals surface area (Å²) >= 11 is 3.42. The molecule has 5 nitrogen and oxygen atoms in total. The first-order valence-corrected chi connectivity index (χ1v) is 6.74. The quantitative estimate of drug-likeness (QED) is 0.780. The summed E-state index contributed by atoms with van der Waals surface area (Å²) in [6.45, 7) is 5.90. The van der Waals surface area contributed by atoms with Crippen LogP contribution >= 0.6 is 15.9 Å². The van der Waals surface area contributed by atoms with Gasteiger partial charge in [0.15, 0.2) is 0 Å². The number of nitrogens with two attached hydrogens (primary N) is 1. The van der Waals surface area contributed by atoms with Gasteiger partial charge in [-0.2, -0.15) is 0 Å². The molecule has 0 fully saturated rings. The van der Waals surface area contributed by atoms with Gasteiger partial charge in [0.1, 0.15) is 11.6 Å². The lowest BCUT2D eigenvalue weighted by Crippen LogP contribution is -2.10. The van der Waals surface area contributed by atoms with Crippen LogP contribution in [0.5, 0.6) is 0 Å². The molecule has 0 bridgehead atoms. The van der Waals surface area contributed by atoms with Crippen molar-refractivity contribution in [1.29, 1.82) is 0 Å². The predicted octanol–water partition coefficient (Wildman–Crippen LogP) is 2.15. The minimum atomic E-state index is 0.304. The van der Waals surface area contributed by atoms with E-state index >= 15 is 0 Å². The van der Waals surface area contributed by atoms with Crippen LogP contribution in [-0.4, -0.2) is 36.9 Å². The van der Waals surface area contributed by atoms with Crippen molar-refractivity contribution in [2.75, 3.05) is 32.7 Å². The van der Waals surface area contributed by atoms with Gasteiger partial charge in [-0.25, -0.2) is 9.97 Å². The zero-order valence-electron chi connectivity index (χ0n) is 11.1. The van der Waals surface area contributed by atoms with E-state index in [0.29, 0.717) is 38.0 Å². The number of rotatable bonds is 7. The molecule has 0 saturated heterocycles. The first-order chi connectivity index (χ1) is 8.56. The molecule has 0 radical (unpaired) electrons. The number of nitrogen functional groups attached to an aromatic ring is 1. The maximum Gasteiger partial charge on any atom is 0.141 e. The molecule has 0 unspecified atom stereocenters. The molecule has 0 spiro atoms. The van der Waals surface area contributed by atoms with Crippen LogP contribution in [0.25, 0.3) is 0 Å². The van der Waals surface area contributed by atoms with E-state index in [9.17, 15) is 0 Å². The normalized spacial score (nSPS) is 11.2. The third kappa shape index (κ3) is 4.51. The zero-order chi connectivity index (χ0) is 13.5. The van der Waals surface area contributed by atoms with Gasteiger partial charge in [-0.1, -0.05) is 13.8 Å². The molecule has 102 valence electrons. The summed E-state index contributed by atoms with van der Waals surface area (Å²) in [4.78, 5) is 8.74. The van der Waals surface area contributed by atoms with Crippen molar-refractivity contribution in [2.45, 2.75) is 26.2 Å². The van der Waals surface area contributed by atoms with Crippen molar-refractivity contribution in [3.63, 3.8) is 0 Å². The van der Waals surface area contributed by atoms with Gasteiger partial charge in [0.25, 0.3) is 0 Å². The van der Waals surface area contributed by atoms with Crippen LogP contribution in [-0.2, 0) is 15.9 Å². The SMILES string of the molecule is COCCOCCc1nc(N)c(Br)c(C(C)C)n1. The summed E-state index contributed by atoms with van der Waals surface area (Å²) in [6, 6.07) is 0. The van der Waals surface area contributed by atoms with Crippen LogP contribution in [0.4, 0.5) is 5.82 Å². The first kappa shape index (κ1) is 15.3. The summed E-state index contributed by atoms with van der Waals surface area (Å²) < 4.78 is 11.1. The fourth-order valence-corrected chi connectivity index (χ4v) is 2.07. The fourth-order valence-electron chi connectivity index (χ4n) is 1.43. The van der Waals surface area contributed by atoms with Crippen LogP contribution in [0.3, 0.4) is 0 Å². The molecule has 0 atom stereocenters. The minimum Gasteiger partial charge on any atom is -0.383 e. The second-order valence-corrected chi connectivity index (χ2v) is 5.03. The average molecular weight is 318 g/mol. The van der Waals surface area contributed by atoms with E-state index in [2.05, 4.69) is 39.7 Å². The number of hydrogen-bond donors (Lipinski definition) is 1. The van der Waals surface area contributed by atoms with Crippen molar-refractivity contribution >= 4 is 21.7 Å². The zero-order valence-corrected chi connectivity index (χ0v) is 12.7. The molecule has 0 saturated carbocycles. The van der Waals surface area contributed by atoms with E-state index in [4.69, 9.17) is 15.2 Å². The highest BCUT2D eigenvalue weighted by Gasteiger charge is 2.12. The van der Waals surface area contributed by atoms with Gasteiger partial charge in [-0.3, -0.25) is 0 Å². The van der Waals surface area contributed by atoms with E-state index in [1.807, 2.05) is 0 Å². The third-order valence-electron chi connectivity index (χ3n) is 2.40. The van der Waals surface area contributed by atoms with Crippen LogP contribution < -0.4 is 5.73 Å². The number of anilines is 1. The molecule has 0 aliphatic rings. The van der Waals surface area contributed by atoms with E-state index in [1.165, 1.54) is 0 Å². The number of aromatic nitrogens is 2. The van der Waals surface area contributed by atoms with Gasteiger partial charge in [-0.05, 0) is 21.8 Å². The molecule has 18 heavy (non-hydrogen) atoms. The Labute approximate surface area is 116 Å². The molecule has 1 aromatic rings. The van der Waals surface area contributed by atoms with Crippen LogP contribution in [0.2, 0.25) is 0 Å². The summed E-state index contributed by atoms with van der Waals surface area (Å²) in [7, 11) is 1.65. The topological polar surface area (TPSA) is 70.3 Å². The number of halogens is 1. The van der Waals surface area contributed by atoms with E-state index in [-0.39, 0.29) is 0 Å². The molecule has 1 heterocycles. The van der Waals surface area contributed by atoms with Crippen molar-refractivity contribution < 1.29 is 9.47 Å². The Morgan fingerprint density at radius 2 is 1.94 bits per heavy atom. The Bertz CT molecular complexity index is 386. The molecule has 1 rings (SSSR count). The summed E-state index contributed by atoms with van der Waals surface area (Å²) in [5.41, 5.74) is 6.79. The van der Waals surface area contributed by atoms with Gasteiger partial charge >= 0.3 is 0 Å². The summed E-state index contributed by atoms with van der Waals surface area (Å²) in [6.07, 6.45) is 0.654. The monoisotopic (exact) mass is 317 g/mol. The second-order valence-electron chi connectivity index (χ2n) is 4.23. The van der Waals surface area contributed by atoms with Crippen molar-refractivity contribution in [3.05, 3.63) is 16.0 Å².